The molecule has 1 heterocycles. The van der Waals surface area contributed by atoms with Gasteiger partial charge >= 0.3 is 0 Å². The van der Waals surface area contributed by atoms with Crippen LogP contribution >= 0.6 is 15.9 Å². The molecule has 0 aromatic carbocycles. The summed E-state index contributed by atoms with van der Waals surface area (Å²) in [6, 6.07) is 0. The molecule has 0 saturated heterocycles. The first-order valence-electron chi connectivity index (χ1n) is 5.38. The van der Waals surface area contributed by atoms with E-state index in [2.05, 4.69) is 27.5 Å². The number of nitrogens with two attached hydrogens (primary N) is 1. The molecule has 0 aromatic heterocycles. The van der Waals surface area contributed by atoms with Crippen LogP contribution in [-0.2, 0) is 9.53 Å². The Bertz CT molecular complexity index is 372. The topological polar surface area (TPSA) is 67.9 Å². The van der Waals surface area contributed by atoms with Crippen molar-refractivity contribution in [3.05, 3.63) is 12.7 Å². The number of ether oxygens (including phenoxy) is 1. The number of aliphatic imine (C=N–C) groups is 1. The Morgan fingerprint density at radius 3 is 2.71 bits per heavy atom. The largest absolute Gasteiger partial charge is 0.369 e. The van der Waals surface area contributed by atoms with Gasteiger partial charge in [-0.25, -0.2) is 4.99 Å². The van der Waals surface area contributed by atoms with E-state index in [-0.39, 0.29) is 11.9 Å². The summed E-state index contributed by atoms with van der Waals surface area (Å²) in [5, 5.41) is 0. The third kappa shape index (κ3) is 1.99. The quantitative estimate of drug-likeness (QED) is 0.614. The normalized spacial score (nSPS) is 27.9. The van der Waals surface area contributed by atoms with E-state index >= 15 is 0 Å². The lowest BCUT2D eigenvalue weighted by atomic mass is 9.92. The fraction of sp³-hybridized carbons (Fsp3) is 0.636. The molecule has 2 N–H and O–H groups in total. The second-order valence-corrected chi connectivity index (χ2v) is 5.30. The van der Waals surface area contributed by atoms with E-state index in [1.54, 1.807) is 13.0 Å². The van der Waals surface area contributed by atoms with Crippen molar-refractivity contribution in [3.8, 4) is 0 Å². The predicted octanol–water partition coefficient (Wildman–Crippen LogP) is 1.24. The van der Waals surface area contributed by atoms with Gasteiger partial charge in [0.05, 0.1) is 0 Å². The lowest BCUT2D eigenvalue weighted by Gasteiger charge is -2.36. The number of carbonyl (C=O) groups excluding carboxylic acids is 1. The van der Waals surface area contributed by atoms with E-state index in [1.165, 1.54) is 12.0 Å². The molecule has 0 fully saturated rings. The number of hydrogen-bond donors (Lipinski definition) is 1. The number of carbonyl (C=O) groups is 1. The molecule has 0 aromatic rings. The number of likely N-dealkylation sites (N-methyl/N-ethyl adjacent to an activating group) is 1. The number of guanidine groups is 1. The summed E-state index contributed by atoms with van der Waals surface area (Å²) in [4.78, 5) is 18.0. The van der Waals surface area contributed by atoms with Crippen LogP contribution in [0, 0.1) is 0 Å². The molecule has 0 bridgehead atoms. The second-order valence-electron chi connectivity index (χ2n) is 4.02. The Kier molecular flexibility index (Phi) is 3.99. The van der Waals surface area contributed by atoms with Crippen molar-refractivity contribution in [1.29, 1.82) is 0 Å². The first kappa shape index (κ1) is 14.2. The minimum atomic E-state index is -1.07. The van der Waals surface area contributed by atoms with Crippen molar-refractivity contribution >= 4 is 27.8 Å². The second kappa shape index (κ2) is 4.78. The van der Waals surface area contributed by atoms with E-state index in [0.717, 1.165) is 0 Å². The summed E-state index contributed by atoms with van der Waals surface area (Å²) in [6.45, 7) is 7.71. The zero-order valence-corrected chi connectivity index (χ0v) is 12.0. The lowest BCUT2D eigenvalue weighted by molar-refractivity contribution is -0.136. The van der Waals surface area contributed by atoms with E-state index in [9.17, 15) is 4.79 Å². The van der Waals surface area contributed by atoms with Gasteiger partial charge in [0, 0.05) is 20.1 Å². The summed E-state index contributed by atoms with van der Waals surface area (Å²) in [5.41, 5.74) is 4.68. The molecule has 0 radical (unpaired) electrons. The van der Waals surface area contributed by atoms with Gasteiger partial charge in [-0.05, 0) is 13.8 Å². The van der Waals surface area contributed by atoms with Gasteiger partial charge in [0.25, 0.3) is 5.91 Å². The number of hydrogen-bond acceptors (Lipinski definition) is 4. The van der Waals surface area contributed by atoms with Crippen LogP contribution in [0.25, 0.3) is 0 Å². The Morgan fingerprint density at radius 1 is 1.76 bits per heavy atom. The molecule has 1 aliphatic heterocycles. The third-order valence-corrected chi connectivity index (χ3v) is 4.47. The molecule has 5 nitrogen and oxygen atoms in total. The van der Waals surface area contributed by atoms with Gasteiger partial charge in [-0.15, -0.1) is 6.58 Å². The van der Waals surface area contributed by atoms with E-state index in [4.69, 9.17) is 10.5 Å². The predicted molar refractivity (Wildman–Crippen MR) is 70.9 cm³/mol. The number of rotatable bonds is 5. The molecular weight excluding hydrogens is 286 g/mol. The van der Waals surface area contributed by atoms with E-state index in [1.807, 2.05) is 6.92 Å². The number of methoxy groups -OCH3 is 1. The monoisotopic (exact) mass is 303 g/mol. The number of halogens is 1. The summed E-state index contributed by atoms with van der Waals surface area (Å²) in [6.07, 6.45) is 2.12. The highest BCUT2D eigenvalue weighted by Crippen LogP contribution is 2.42. The maximum absolute atomic E-state index is 12.3. The Labute approximate surface area is 110 Å². The van der Waals surface area contributed by atoms with Crippen LogP contribution in [0.15, 0.2) is 17.6 Å². The molecule has 0 saturated carbocycles. The zero-order chi connectivity index (χ0) is 13.3. The standard InChI is InChI=1S/C11H18BrN3O2/c1-5-7-11(12,17-4)10(3)8(16)15(6-2)9(13)14-10/h5H,1,6-7H2,2-4H3,(H2,13,14). The SMILES string of the molecule is C=CCC(Br)(OC)C1(C)N=C(N)N(CC)C1=O. The van der Waals surface area contributed by atoms with Gasteiger partial charge < -0.3 is 10.5 Å². The molecule has 2 unspecified atom stereocenters. The van der Waals surface area contributed by atoms with Gasteiger partial charge in [-0.2, -0.15) is 0 Å². The number of alkyl halides is 1. The Hall–Kier alpha value is -0.880. The van der Waals surface area contributed by atoms with Crippen molar-refractivity contribution in [2.75, 3.05) is 13.7 Å². The van der Waals surface area contributed by atoms with Crippen LogP contribution in [-0.4, -0.2) is 40.5 Å². The lowest BCUT2D eigenvalue weighted by Crippen LogP contribution is -2.54. The summed E-state index contributed by atoms with van der Waals surface area (Å²) in [7, 11) is 1.52. The zero-order valence-electron chi connectivity index (χ0n) is 10.4. The van der Waals surface area contributed by atoms with E-state index in [0.29, 0.717) is 13.0 Å². The van der Waals surface area contributed by atoms with Crippen LogP contribution in [0.1, 0.15) is 20.3 Å². The first-order valence-corrected chi connectivity index (χ1v) is 6.17. The Balaban J connectivity index is 3.19. The number of amides is 1. The average molecular weight is 304 g/mol. The fourth-order valence-electron chi connectivity index (χ4n) is 1.92. The number of nitrogens with zero attached hydrogens (tertiary/aromatic N) is 2. The molecule has 1 aliphatic rings. The van der Waals surface area contributed by atoms with Crippen molar-refractivity contribution < 1.29 is 9.53 Å². The van der Waals surface area contributed by atoms with Gasteiger partial charge in [0.15, 0.2) is 16.0 Å². The van der Waals surface area contributed by atoms with Crippen molar-refractivity contribution in [3.63, 3.8) is 0 Å². The summed E-state index contributed by atoms with van der Waals surface area (Å²) < 4.78 is 4.49. The maximum Gasteiger partial charge on any atom is 0.260 e. The van der Waals surface area contributed by atoms with Crippen molar-refractivity contribution in [1.82, 2.24) is 4.90 Å². The fourth-order valence-corrected chi connectivity index (χ4v) is 2.41. The molecule has 6 heteroatoms. The third-order valence-electron chi connectivity index (χ3n) is 3.05. The highest BCUT2D eigenvalue weighted by Gasteiger charge is 2.57. The molecule has 17 heavy (non-hydrogen) atoms. The van der Waals surface area contributed by atoms with Crippen molar-refractivity contribution in [2.45, 2.75) is 30.3 Å². The summed E-state index contributed by atoms with van der Waals surface area (Å²) in [5.74, 6) is 0.0583. The summed E-state index contributed by atoms with van der Waals surface area (Å²) >= 11 is 3.45. The van der Waals surface area contributed by atoms with Crippen molar-refractivity contribution in [2.24, 2.45) is 10.7 Å². The van der Waals surface area contributed by atoms with Crippen LogP contribution in [0.5, 0.6) is 0 Å². The highest BCUT2D eigenvalue weighted by atomic mass is 79.9. The van der Waals surface area contributed by atoms with Crippen LogP contribution in [0.4, 0.5) is 0 Å². The molecule has 96 valence electrons. The smallest absolute Gasteiger partial charge is 0.260 e. The van der Waals surface area contributed by atoms with Crippen LogP contribution < -0.4 is 5.73 Å². The Morgan fingerprint density at radius 2 is 2.35 bits per heavy atom. The van der Waals surface area contributed by atoms with E-state index < -0.39 is 10.0 Å². The molecular formula is C11H18BrN3O2. The van der Waals surface area contributed by atoms with Gasteiger partial charge in [0.1, 0.15) is 0 Å². The van der Waals surface area contributed by atoms with Crippen LogP contribution in [0.2, 0.25) is 0 Å². The molecule has 0 aliphatic carbocycles. The minimum Gasteiger partial charge on any atom is -0.369 e. The minimum absolute atomic E-state index is 0.168. The van der Waals surface area contributed by atoms with Gasteiger partial charge in [-0.3, -0.25) is 9.69 Å². The van der Waals surface area contributed by atoms with Crippen LogP contribution in [0.3, 0.4) is 0 Å². The molecule has 0 spiro atoms. The van der Waals surface area contributed by atoms with Gasteiger partial charge in [0.2, 0.25) is 0 Å². The molecule has 1 amide bonds. The van der Waals surface area contributed by atoms with Gasteiger partial charge in [-0.1, -0.05) is 22.0 Å². The first-order chi connectivity index (χ1) is 7.86. The maximum atomic E-state index is 12.3. The molecule has 2 atom stereocenters. The highest BCUT2D eigenvalue weighted by molar-refractivity contribution is 9.10. The average Bonchev–Trinajstić information content (AvgIpc) is 2.51. The molecule has 1 rings (SSSR count).